The van der Waals surface area contributed by atoms with Crippen LogP contribution in [-0.2, 0) is 4.79 Å². The maximum atomic E-state index is 14.2. The summed E-state index contributed by atoms with van der Waals surface area (Å²) in [4.78, 5) is 20.0. The molecule has 1 saturated heterocycles. The van der Waals surface area contributed by atoms with Crippen molar-refractivity contribution in [3.05, 3.63) is 35.4 Å². The molecule has 1 amide bonds. The van der Waals surface area contributed by atoms with Gasteiger partial charge in [-0.05, 0) is 32.6 Å². The van der Waals surface area contributed by atoms with Gasteiger partial charge >= 0.3 is 0 Å². The Kier molecular flexibility index (Phi) is 10.2. The molecular weight excluding hydrogens is 491 g/mol. The van der Waals surface area contributed by atoms with Crippen LogP contribution in [0.5, 0.6) is 0 Å². The summed E-state index contributed by atoms with van der Waals surface area (Å²) < 4.78 is 28.4. The topological polar surface area (TPSA) is 60.0 Å². The first kappa shape index (κ1) is 25.5. The number of guanidine groups is 1. The van der Waals surface area contributed by atoms with Crippen LogP contribution in [0.3, 0.4) is 0 Å². The monoisotopic (exact) mass is 523 g/mol. The first-order valence-electron chi connectivity index (χ1n) is 9.60. The average molecular weight is 523 g/mol. The van der Waals surface area contributed by atoms with Gasteiger partial charge in [0.05, 0.1) is 6.04 Å². The number of carbonyl (C=O) groups excluding carboxylic acids is 1. The van der Waals surface area contributed by atoms with Gasteiger partial charge in [0.25, 0.3) is 0 Å². The van der Waals surface area contributed by atoms with Crippen LogP contribution in [0.2, 0.25) is 0 Å². The minimum absolute atomic E-state index is 0. The number of benzene rings is 1. The Morgan fingerprint density at radius 3 is 2.45 bits per heavy atom. The van der Waals surface area contributed by atoms with Crippen molar-refractivity contribution in [3.63, 3.8) is 0 Å². The summed E-state index contributed by atoms with van der Waals surface area (Å²) in [5, 5.41) is 6.46. The highest BCUT2D eigenvalue weighted by molar-refractivity contribution is 14.0. The molecule has 6 nitrogen and oxygen atoms in total. The zero-order chi connectivity index (χ0) is 20.8. The number of amides is 1. The minimum atomic E-state index is -0.568. The van der Waals surface area contributed by atoms with Crippen LogP contribution in [0.4, 0.5) is 8.78 Å². The van der Waals surface area contributed by atoms with E-state index in [0.29, 0.717) is 19.0 Å². The van der Waals surface area contributed by atoms with Gasteiger partial charge in [0.2, 0.25) is 5.91 Å². The third-order valence-electron chi connectivity index (χ3n) is 4.98. The smallest absolute Gasteiger partial charge is 0.225 e. The summed E-state index contributed by atoms with van der Waals surface area (Å²) in [5.74, 6) is -0.459. The highest BCUT2D eigenvalue weighted by Crippen LogP contribution is 2.24. The van der Waals surface area contributed by atoms with Crippen molar-refractivity contribution in [3.8, 4) is 0 Å². The van der Waals surface area contributed by atoms with E-state index >= 15 is 0 Å². The number of hydrogen-bond acceptors (Lipinski definition) is 3. The molecule has 0 spiro atoms. The lowest BCUT2D eigenvalue weighted by molar-refractivity contribution is -0.133. The van der Waals surface area contributed by atoms with Crippen molar-refractivity contribution >= 4 is 35.8 Å². The lowest BCUT2D eigenvalue weighted by Crippen LogP contribution is -2.47. The van der Waals surface area contributed by atoms with Gasteiger partial charge in [-0.15, -0.1) is 24.0 Å². The van der Waals surface area contributed by atoms with Crippen LogP contribution < -0.4 is 10.6 Å². The van der Waals surface area contributed by atoms with E-state index in [1.807, 2.05) is 18.7 Å². The van der Waals surface area contributed by atoms with Crippen molar-refractivity contribution in [2.75, 3.05) is 40.8 Å². The SMILES string of the molecule is CN=C(NCC(c1c(F)cccc1F)N(C)C)NC1CCN(C(=O)C(C)C)C1.I. The predicted molar refractivity (Wildman–Crippen MR) is 123 cm³/mol. The molecule has 0 bridgehead atoms. The van der Waals surface area contributed by atoms with Gasteiger partial charge in [0, 0.05) is 44.2 Å². The molecule has 164 valence electrons. The molecule has 1 aromatic rings. The van der Waals surface area contributed by atoms with Gasteiger partial charge in [-0.2, -0.15) is 0 Å². The number of likely N-dealkylation sites (N-methyl/N-ethyl adjacent to an activating group) is 1. The number of aliphatic imine (C=N–C) groups is 1. The molecule has 2 unspecified atom stereocenters. The molecule has 1 fully saturated rings. The third-order valence-corrected chi connectivity index (χ3v) is 4.98. The van der Waals surface area contributed by atoms with Crippen molar-refractivity contribution in [1.29, 1.82) is 0 Å². The van der Waals surface area contributed by atoms with Crippen molar-refractivity contribution < 1.29 is 13.6 Å². The number of hydrogen-bond donors (Lipinski definition) is 2. The molecule has 2 atom stereocenters. The second kappa shape index (κ2) is 11.6. The van der Waals surface area contributed by atoms with E-state index in [4.69, 9.17) is 0 Å². The Labute approximate surface area is 189 Å². The van der Waals surface area contributed by atoms with Crippen molar-refractivity contribution in [2.45, 2.75) is 32.4 Å². The van der Waals surface area contributed by atoms with Gasteiger partial charge in [-0.25, -0.2) is 8.78 Å². The quantitative estimate of drug-likeness (QED) is 0.342. The highest BCUT2D eigenvalue weighted by atomic mass is 127. The van der Waals surface area contributed by atoms with E-state index in [0.717, 1.165) is 6.42 Å². The van der Waals surface area contributed by atoms with Crippen LogP contribution in [0, 0.1) is 17.6 Å². The Morgan fingerprint density at radius 1 is 1.31 bits per heavy atom. The Morgan fingerprint density at radius 2 is 1.93 bits per heavy atom. The van der Waals surface area contributed by atoms with Gasteiger partial charge in [0.1, 0.15) is 11.6 Å². The van der Waals surface area contributed by atoms with Crippen LogP contribution in [0.1, 0.15) is 31.9 Å². The highest BCUT2D eigenvalue weighted by Gasteiger charge is 2.28. The molecular formula is C20H32F2IN5O. The van der Waals surface area contributed by atoms with E-state index in [2.05, 4.69) is 15.6 Å². The average Bonchev–Trinajstić information content (AvgIpc) is 3.10. The van der Waals surface area contributed by atoms with E-state index in [9.17, 15) is 13.6 Å². The first-order chi connectivity index (χ1) is 13.2. The lowest BCUT2D eigenvalue weighted by Gasteiger charge is -2.27. The molecule has 9 heteroatoms. The van der Waals surface area contributed by atoms with E-state index in [1.165, 1.54) is 18.2 Å². The fraction of sp³-hybridized carbons (Fsp3) is 0.600. The Bertz CT molecular complexity index is 694. The fourth-order valence-corrected chi connectivity index (χ4v) is 3.40. The van der Waals surface area contributed by atoms with E-state index in [1.54, 1.807) is 26.0 Å². The molecule has 1 aromatic carbocycles. The summed E-state index contributed by atoms with van der Waals surface area (Å²) in [7, 11) is 5.21. The van der Waals surface area contributed by atoms with Gasteiger partial charge in [-0.1, -0.05) is 19.9 Å². The molecule has 2 rings (SSSR count). The normalized spacial score (nSPS) is 18.0. The summed E-state index contributed by atoms with van der Waals surface area (Å²) in [6.07, 6.45) is 0.832. The van der Waals surface area contributed by atoms with E-state index in [-0.39, 0.29) is 54.0 Å². The molecule has 0 aromatic heterocycles. The lowest BCUT2D eigenvalue weighted by atomic mass is 10.0. The largest absolute Gasteiger partial charge is 0.354 e. The fourth-order valence-electron chi connectivity index (χ4n) is 3.40. The summed E-state index contributed by atoms with van der Waals surface area (Å²) in [5.41, 5.74) is 0.0324. The number of halogens is 3. The minimum Gasteiger partial charge on any atom is -0.354 e. The molecule has 2 N–H and O–H groups in total. The van der Waals surface area contributed by atoms with Gasteiger partial charge in [-0.3, -0.25) is 9.79 Å². The van der Waals surface area contributed by atoms with Crippen LogP contribution in [-0.4, -0.2) is 68.5 Å². The maximum absolute atomic E-state index is 14.2. The zero-order valence-corrected chi connectivity index (χ0v) is 20.0. The van der Waals surface area contributed by atoms with Crippen molar-refractivity contribution in [2.24, 2.45) is 10.9 Å². The molecule has 1 heterocycles. The summed E-state index contributed by atoms with van der Waals surface area (Å²) in [6.45, 7) is 5.41. The molecule has 29 heavy (non-hydrogen) atoms. The van der Waals surface area contributed by atoms with Crippen molar-refractivity contribution in [1.82, 2.24) is 20.4 Å². The van der Waals surface area contributed by atoms with Crippen LogP contribution in [0.25, 0.3) is 0 Å². The summed E-state index contributed by atoms with van der Waals surface area (Å²) >= 11 is 0. The zero-order valence-electron chi connectivity index (χ0n) is 17.7. The van der Waals surface area contributed by atoms with Gasteiger partial charge in [0.15, 0.2) is 5.96 Å². The second-order valence-electron chi connectivity index (χ2n) is 7.64. The van der Waals surface area contributed by atoms with Crippen LogP contribution in [0.15, 0.2) is 23.2 Å². The molecule has 0 radical (unpaired) electrons. The molecule has 1 aliphatic rings. The Balaban J connectivity index is 0.00000420. The number of likely N-dealkylation sites (tertiary alicyclic amines) is 1. The number of carbonyl (C=O) groups is 1. The molecule has 0 saturated carbocycles. The number of rotatable bonds is 6. The maximum Gasteiger partial charge on any atom is 0.225 e. The third kappa shape index (κ3) is 6.77. The standard InChI is InChI=1S/C20H31F2N5O.HI/c1-13(2)19(28)27-10-9-14(12-27)25-20(23-3)24-11-17(26(4)5)18-15(21)7-6-8-16(18)22;/h6-8,13-14,17H,9-12H2,1-5H3,(H2,23,24,25);1H. The number of nitrogens with zero attached hydrogens (tertiary/aromatic N) is 3. The Hall–Kier alpha value is -1.49. The first-order valence-corrected chi connectivity index (χ1v) is 9.60. The predicted octanol–water partition coefficient (Wildman–Crippen LogP) is 2.61. The summed E-state index contributed by atoms with van der Waals surface area (Å²) in [6, 6.07) is 3.49. The second-order valence-corrected chi connectivity index (χ2v) is 7.64. The molecule has 0 aliphatic carbocycles. The molecule has 1 aliphatic heterocycles. The van der Waals surface area contributed by atoms with Gasteiger partial charge < -0.3 is 20.4 Å². The number of nitrogens with one attached hydrogen (secondary N) is 2. The van der Waals surface area contributed by atoms with Crippen LogP contribution >= 0.6 is 24.0 Å². The van der Waals surface area contributed by atoms with E-state index < -0.39 is 17.7 Å².